The zero-order valence-electron chi connectivity index (χ0n) is 10.9. The van der Waals surface area contributed by atoms with Crippen LogP contribution in [0.4, 0.5) is 5.69 Å². The van der Waals surface area contributed by atoms with Crippen LogP contribution >= 0.6 is 11.6 Å². The number of carbonyl (C=O) groups excluding carboxylic acids is 1. The van der Waals surface area contributed by atoms with Crippen molar-refractivity contribution in [2.75, 3.05) is 11.4 Å². The molecule has 2 bridgehead atoms. The SMILES string of the molecule is O=C(O)[C@@H]1[C@H]2C(=O)N(c3ccccc3Cl)C[C@@]23C=C[C@H]1O3. The molecular formula is C15H12ClNO4. The lowest BCUT2D eigenvalue weighted by Gasteiger charge is -2.22. The van der Waals surface area contributed by atoms with Gasteiger partial charge in [0.25, 0.3) is 0 Å². The summed E-state index contributed by atoms with van der Waals surface area (Å²) in [6, 6.07) is 7.04. The smallest absolute Gasteiger partial charge is 0.310 e. The molecule has 4 atom stereocenters. The molecule has 5 nitrogen and oxygen atoms in total. The van der Waals surface area contributed by atoms with Crippen LogP contribution in [0, 0.1) is 11.8 Å². The van der Waals surface area contributed by atoms with Gasteiger partial charge in [0, 0.05) is 0 Å². The third-order valence-corrected chi connectivity index (χ3v) is 4.85. The van der Waals surface area contributed by atoms with Crippen LogP contribution in [-0.2, 0) is 14.3 Å². The first-order valence-corrected chi connectivity index (χ1v) is 7.07. The molecule has 3 aliphatic rings. The third kappa shape index (κ3) is 1.56. The van der Waals surface area contributed by atoms with Crippen molar-refractivity contribution in [2.45, 2.75) is 11.7 Å². The van der Waals surface area contributed by atoms with E-state index in [1.807, 2.05) is 6.08 Å². The highest BCUT2D eigenvalue weighted by atomic mass is 35.5. The van der Waals surface area contributed by atoms with Gasteiger partial charge in [-0.05, 0) is 12.1 Å². The first-order chi connectivity index (χ1) is 10.0. The number of hydrogen-bond donors (Lipinski definition) is 1. The molecule has 108 valence electrons. The Balaban J connectivity index is 1.78. The topological polar surface area (TPSA) is 66.8 Å². The Morgan fingerprint density at radius 2 is 2.19 bits per heavy atom. The van der Waals surface area contributed by atoms with Crippen molar-refractivity contribution >= 4 is 29.2 Å². The van der Waals surface area contributed by atoms with Crippen LogP contribution in [-0.4, -0.2) is 35.2 Å². The van der Waals surface area contributed by atoms with E-state index >= 15 is 0 Å². The summed E-state index contributed by atoms with van der Waals surface area (Å²) in [5.41, 5.74) is -0.234. The van der Waals surface area contributed by atoms with Crippen LogP contribution in [0.15, 0.2) is 36.4 Å². The predicted octanol–water partition coefficient (Wildman–Crippen LogP) is 1.71. The van der Waals surface area contributed by atoms with Crippen LogP contribution in [0.2, 0.25) is 5.02 Å². The van der Waals surface area contributed by atoms with Crippen LogP contribution in [0.3, 0.4) is 0 Å². The minimum Gasteiger partial charge on any atom is -0.481 e. The van der Waals surface area contributed by atoms with Gasteiger partial charge >= 0.3 is 5.97 Å². The number of benzene rings is 1. The van der Waals surface area contributed by atoms with Crippen molar-refractivity contribution in [1.82, 2.24) is 0 Å². The minimum absolute atomic E-state index is 0.234. The number of amides is 1. The number of hydrogen-bond acceptors (Lipinski definition) is 3. The van der Waals surface area contributed by atoms with Crippen LogP contribution in [0.1, 0.15) is 0 Å². The Morgan fingerprint density at radius 3 is 2.90 bits per heavy atom. The van der Waals surface area contributed by atoms with E-state index < -0.39 is 29.5 Å². The number of para-hydroxylation sites is 1. The van der Waals surface area contributed by atoms with Gasteiger partial charge in [-0.1, -0.05) is 35.9 Å². The minimum atomic E-state index is -0.995. The first-order valence-electron chi connectivity index (χ1n) is 6.69. The van der Waals surface area contributed by atoms with Gasteiger partial charge in [0.2, 0.25) is 5.91 Å². The van der Waals surface area contributed by atoms with Gasteiger partial charge in [-0.2, -0.15) is 0 Å². The molecule has 1 amide bonds. The van der Waals surface area contributed by atoms with E-state index in [1.54, 1.807) is 30.3 Å². The molecule has 1 aromatic carbocycles. The Kier molecular flexibility index (Phi) is 2.50. The quantitative estimate of drug-likeness (QED) is 0.845. The summed E-state index contributed by atoms with van der Waals surface area (Å²) in [5.74, 6) is -2.73. The van der Waals surface area contributed by atoms with Gasteiger partial charge in [0.15, 0.2) is 0 Å². The Hall–Kier alpha value is -1.85. The Bertz CT molecular complexity index is 688. The lowest BCUT2D eigenvalue weighted by molar-refractivity contribution is -0.146. The van der Waals surface area contributed by atoms with Crippen molar-refractivity contribution in [3.05, 3.63) is 41.4 Å². The number of rotatable bonds is 2. The number of halogens is 1. The average Bonchev–Trinajstić information content (AvgIpc) is 3.08. The summed E-state index contributed by atoms with van der Waals surface area (Å²) in [4.78, 5) is 25.7. The number of carbonyl (C=O) groups is 2. The number of carboxylic acid groups (broad SMARTS) is 1. The van der Waals surface area contributed by atoms with Crippen LogP contribution in [0.5, 0.6) is 0 Å². The van der Waals surface area contributed by atoms with Gasteiger partial charge < -0.3 is 14.7 Å². The summed E-state index contributed by atoms with van der Waals surface area (Å²) in [7, 11) is 0. The molecule has 4 rings (SSSR count). The molecule has 0 aliphatic carbocycles. The van der Waals surface area contributed by atoms with Gasteiger partial charge in [0.05, 0.1) is 29.3 Å². The lowest BCUT2D eigenvalue weighted by Crippen LogP contribution is -2.39. The lowest BCUT2D eigenvalue weighted by atomic mass is 9.77. The molecule has 1 N–H and O–H groups in total. The Morgan fingerprint density at radius 1 is 1.43 bits per heavy atom. The van der Waals surface area contributed by atoms with E-state index in [0.29, 0.717) is 17.3 Å². The maximum atomic E-state index is 12.7. The van der Waals surface area contributed by atoms with E-state index in [0.717, 1.165) is 0 Å². The molecule has 1 spiro atoms. The zero-order chi connectivity index (χ0) is 14.8. The third-order valence-electron chi connectivity index (χ3n) is 4.53. The van der Waals surface area contributed by atoms with Crippen LogP contribution in [0.25, 0.3) is 0 Å². The van der Waals surface area contributed by atoms with Gasteiger partial charge in [-0.15, -0.1) is 0 Å². The molecule has 0 radical (unpaired) electrons. The summed E-state index contributed by atoms with van der Waals surface area (Å²) >= 11 is 6.16. The summed E-state index contributed by atoms with van der Waals surface area (Å²) in [6.07, 6.45) is 3.07. The number of nitrogens with zero attached hydrogens (tertiary/aromatic N) is 1. The average molecular weight is 306 g/mol. The maximum absolute atomic E-state index is 12.7. The molecule has 3 aliphatic heterocycles. The molecule has 21 heavy (non-hydrogen) atoms. The van der Waals surface area contributed by atoms with Gasteiger partial charge in [-0.3, -0.25) is 9.59 Å². The van der Waals surface area contributed by atoms with Crippen molar-refractivity contribution < 1.29 is 19.4 Å². The number of ether oxygens (including phenoxy) is 1. The van der Waals surface area contributed by atoms with Gasteiger partial charge in [-0.25, -0.2) is 0 Å². The van der Waals surface area contributed by atoms with E-state index in [4.69, 9.17) is 16.3 Å². The summed E-state index contributed by atoms with van der Waals surface area (Å²) < 4.78 is 5.82. The number of anilines is 1. The van der Waals surface area contributed by atoms with E-state index in [2.05, 4.69) is 0 Å². The van der Waals surface area contributed by atoms with Gasteiger partial charge in [0.1, 0.15) is 11.5 Å². The fraction of sp³-hybridized carbons (Fsp3) is 0.333. The monoisotopic (exact) mass is 305 g/mol. The largest absolute Gasteiger partial charge is 0.481 e. The fourth-order valence-corrected chi connectivity index (χ4v) is 3.89. The Labute approximate surface area is 125 Å². The van der Waals surface area contributed by atoms with E-state index in [9.17, 15) is 14.7 Å². The maximum Gasteiger partial charge on any atom is 0.310 e. The zero-order valence-corrected chi connectivity index (χ0v) is 11.7. The molecule has 2 saturated heterocycles. The highest BCUT2D eigenvalue weighted by molar-refractivity contribution is 6.34. The summed E-state index contributed by atoms with van der Waals surface area (Å²) in [5, 5.41) is 9.86. The molecule has 0 saturated carbocycles. The second kappa shape index (κ2) is 4.08. The number of aliphatic carboxylic acids is 1. The second-order valence-corrected chi connectivity index (χ2v) is 6.02. The first kappa shape index (κ1) is 12.9. The standard InChI is InChI=1S/C15H12ClNO4/c16-8-3-1-2-4-9(8)17-7-15-6-5-10(21-15)11(14(19)20)12(15)13(17)18/h1-6,10-12H,7H2,(H,19,20)/t10-,11+,12+,15+/m1/s1. The summed E-state index contributed by atoms with van der Waals surface area (Å²) in [6.45, 7) is 0.303. The fourth-order valence-electron chi connectivity index (χ4n) is 3.65. The van der Waals surface area contributed by atoms with Crippen molar-refractivity contribution in [2.24, 2.45) is 11.8 Å². The predicted molar refractivity (Wildman–Crippen MR) is 75.2 cm³/mol. The van der Waals surface area contributed by atoms with Crippen molar-refractivity contribution in [3.63, 3.8) is 0 Å². The van der Waals surface area contributed by atoms with E-state index in [1.165, 1.54) is 4.90 Å². The molecule has 3 heterocycles. The molecule has 6 heteroatoms. The molecule has 2 fully saturated rings. The number of carboxylic acids is 1. The second-order valence-electron chi connectivity index (χ2n) is 5.61. The highest BCUT2D eigenvalue weighted by Gasteiger charge is 2.67. The molecule has 0 aromatic heterocycles. The molecular weight excluding hydrogens is 294 g/mol. The number of fused-ring (bicyclic) bond motifs is 1. The molecule has 1 aromatic rings. The van der Waals surface area contributed by atoms with Crippen LogP contribution < -0.4 is 4.90 Å². The van der Waals surface area contributed by atoms with Crippen molar-refractivity contribution in [1.29, 1.82) is 0 Å². The normalized spacial score (nSPS) is 36.3. The molecule has 0 unspecified atom stereocenters. The van der Waals surface area contributed by atoms with E-state index in [-0.39, 0.29) is 5.91 Å². The van der Waals surface area contributed by atoms with Crippen molar-refractivity contribution in [3.8, 4) is 0 Å². The highest BCUT2D eigenvalue weighted by Crippen LogP contribution is 2.53.